The number of hydrogen-bond donors (Lipinski definition) is 3. The molecule has 12 nitrogen and oxygen atoms in total. The molecule has 4 aromatic rings. The Labute approximate surface area is 300 Å². The Morgan fingerprint density at radius 3 is 0.961 bits per heavy atom. The summed E-state index contributed by atoms with van der Waals surface area (Å²) in [5.74, 6) is 1.33. The highest BCUT2D eigenvalue weighted by Crippen LogP contribution is 2.42. The van der Waals surface area contributed by atoms with Crippen molar-refractivity contribution in [3.63, 3.8) is 0 Å². The molecular formula is C39H51N3O9. The molecule has 51 heavy (non-hydrogen) atoms. The van der Waals surface area contributed by atoms with E-state index >= 15 is 0 Å². The second-order valence-corrected chi connectivity index (χ2v) is 12.2. The zero-order valence-corrected chi connectivity index (χ0v) is 31.1. The molecule has 0 saturated carbocycles. The second-order valence-electron chi connectivity index (χ2n) is 12.2. The third-order valence-electron chi connectivity index (χ3n) is 8.05. The summed E-state index contributed by atoms with van der Waals surface area (Å²) in [6.45, 7) is 18.2. The van der Waals surface area contributed by atoms with Gasteiger partial charge >= 0.3 is 0 Å². The van der Waals surface area contributed by atoms with Crippen molar-refractivity contribution in [2.75, 3.05) is 19.8 Å². The summed E-state index contributed by atoms with van der Waals surface area (Å²) in [6, 6.07) is 10.1. The van der Waals surface area contributed by atoms with Gasteiger partial charge in [0.05, 0.1) is 36.5 Å². The van der Waals surface area contributed by atoms with Crippen LogP contribution in [0.2, 0.25) is 0 Å². The van der Waals surface area contributed by atoms with E-state index in [1.165, 1.54) is 0 Å². The van der Waals surface area contributed by atoms with Crippen LogP contribution in [0.25, 0.3) is 34.2 Å². The number of rotatable bonds is 18. The Kier molecular flexibility index (Phi) is 13.8. The number of hydrogen-bond acceptors (Lipinski definition) is 12. The standard InChI is InChI=1S/C39H51N3O9/c1-10-19-46-25(7)49-31-16-13-28(34(43)22(31)4)37-40-38(29-14-17-32(23(5)35(29)44)50-26(8)47-20-11-2)42-39(41-37)30-15-18-33(24(6)36(30)45)51-27(9)48-21-12-3/h13-18,25-27,43-45H,10-12,19-21H2,1-9H3. The molecule has 276 valence electrons. The third kappa shape index (κ3) is 9.57. The van der Waals surface area contributed by atoms with Gasteiger partial charge in [-0.05, 0) is 97.2 Å². The van der Waals surface area contributed by atoms with E-state index in [2.05, 4.69) is 0 Å². The van der Waals surface area contributed by atoms with Crippen molar-refractivity contribution in [3.8, 4) is 68.7 Å². The first-order valence-electron chi connectivity index (χ1n) is 17.5. The maximum Gasteiger partial charge on any atom is 0.196 e. The Hall–Kier alpha value is -4.65. The van der Waals surface area contributed by atoms with Crippen molar-refractivity contribution in [2.45, 2.75) is 100 Å². The summed E-state index contributed by atoms with van der Waals surface area (Å²) in [4.78, 5) is 14.1. The largest absolute Gasteiger partial charge is 0.507 e. The summed E-state index contributed by atoms with van der Waals surface area (Å²) >= 11 is 0. The summed E-state index contributed by atoms with van der Waals surface area (Å²) in [7, 11) is 0. The second kappa shape index (κ2) is 18.0. The van der Waals surface area contributed by atoms with E-state index in [1.54, 1.807) is 77.9 Å². The predicted octanol–water partition coefficient (Wildman–Crippen LogP) is 8.37. The van der Waals surface area contributed by atoms with Gasteiger partial charge in [-0.15, -0.1) is 0 Å². The molecule has 1 heterocycles. The van der Waals surface area contributed by atoms with E-state index in [1.807, 2.05) is 20.8 Å². The molecule has 3 atom stereocenters. The van der Waals surface area contributed by atoms with Crippen LogP contribution in [0.4, 0.5) is 0 Å². The van der Waals surface area contributed by atoms with Gasteiger partial charge in [0.1, 0.15) is 34.5 Å². The van der Waals surface area contributed by atoms with Crippen molar-refractivity contribution in [2.24, 2.45) is 0 Å². The lowest BCUT2D eigenvalue weighted by molar-refractivity contribution is -0.0669. The average molecular weight is 706 g/mol. The number of ether oxygens (including phenoxy) is 6. The minimum atomic E-state index is -0.525. The number of benzene rings is 3. The molecule has 3 aromatic carbocycles. The number of phenols is 3. The summed E-state index contributed by atoms with van der Waals surface area (Å²) in [5, 5.41) is 34.3. The van der Waals surface area contributed by atoms with Gasteiger partial charge in [0.2, 0.25) is 0 Å². The van der Waals surface area contributed by atoms with Gasteiger partial charge in [0.15, 0.2) is 36.3 Å². The van der Waals surface area contributed by atoms with Crippen molar-refractivity contribution < 1.29 is 43.7 Å². The SMILES string of the molecule is CCCOC(C)Oc1ccc(-c2nc(-c3ccc(OC(C)OCCC)c(C)c3O)nc(-c3ccc(OC(C)OCCC)c(C)c3O)n2)c(O)c1C. The number of phenolic OH excluding ortho intramolecular Hbond substituents is 3. The lowest BCUT2D eigenvalue weighted by Gasteiger charge is -2.19. The summed E-state index contributed by atoms with van der Waals surface area (Å²) in [5.41, 5.74) is 2.26. The van der Waals surface area contributed by atoms with Crippen molar-refractivity contribution in [1.29, 1.82) is 0 Å². The maximum atomic E-state index is 11.4. The zero-order chi connectivity index (χ0) is 37.2. The number of nitrogens with zero attached hydrogens (tertiary/aromatic N) is 3. The molecule has 0 aliphatic rings. The highest BCUT2D eigenvalue weighted by molar-refractivity contribution is 5.77. The van der Waals surface area contributed by atoms with Crippen LogP contribution in [0, 0.1) is 20.8 Å². The first kappa shape index (κ1) is 39.1. The highest BCUT2D eigenvalue weighted by Gasteiger charge is 2.23. The van der Waals surface area contributed by atoms with Crippen molar-refractivity contribution >= 4 is 0 Å². The van der Waals surface area contributed by atoms with Gasteiger partial charge in [-0.25, -0.2) is 15.0 Å². The molecule has 3 unspecified atom stereocenters. The molecule has 0 fully saturated rings. The molecule has 0 radical (unpaired) electrons. The van der Waals surface area contributed by atoms with Gasteiger partial charge in [-0.3, -0.25) is 0 Å². The zero-order valence-electron chi connectivity index (χ0n) is 31.1. The quantitative estimate of drug-likeness (QED) is 0.0852. The molecule has 0 spiro atoms. The topological polar surface area (TPSA) is 155 Å². The van der Waals surface area contributed by atoms with Gasteiger partial charge in [0.25, 0.3) is 0 Å². The molecule has 0 bridgehead atoms. The molecule has 0 saturated heterocycles. The van der Waals surface area contributed by atoms with E-state index in [4.69, 9.17) is 43.4 Å². The van der Waals surface area contributed by atoms with E-state index < -0.39 is 18.9 Å². The van der Waals surface area contributed by atoms with Crippen LogP contribution in [0.15, 0.2) is 36.4 Å². The molecule has 0 amide bonds. The summed E-state index contributed by atoms with van der Waals surface area (Å²) < 4.78 is 34.8. The van der Waals surface area contributed by atoms with Gasteiger partial charge in [-0.2, -0.15) is 0 Å². The fourth-order valence-electron chi connectivity index (χ4n) is 5.20. The first-order valence-corrected chi connectivity index (χ1v) is 17.5. The molecule has 12 heteroatoms. The Morgan fingerprint density at radius 2 is 0.725 bits per heavy atom. The van der Waals surface area contributed by atoms with E-state index in [0.29, 0.717) is 70.4 Å². The number of aromatic hydroxyl groups is 3. The molecule has 0 aliphatic carbocycles. The molecule has 0 aliphatic heterocycles. The van der Waals surface area contributed by atoms with Crippen LogP contribution < -0.4 is 14.2 Å². The minimum Gasteiger partial charge on any atom is -0.507 e. The van der Waals surface area contributed by atoms with Crippen molar-refractivity contribution in [1.82, 2.24) is 15.0 Å². The van der Waals surface area contributed by atoms with E-state index in [9.17, 15) is 15.3 Å². The highest BCUT2D eigenvalue weighted by atomic mass is 16.7. The van der Waals surface area contributed by atoms with Crippen LogP contribution in [0.1, 0.15) is 77.5 Å². The normalized spacial score (nSPS) is 13.1. The van der Waals surface area contributed by atoms with Gasteiger partial charge < -0.3 is 43.7 Å². The lowest BCUT2D eigenvalue weighted by Crippen LogP contribution is -2.17. The molecule has 3 N–H and O–H groups in total. The Morgan fingerprint density at radius 1 is 0.471 bits per heavy atom. The minimum absolute atomic E-state index is 0.103. The fraction of sp³-hybridized carbons (Fsp3) is 0.462. The lowest BCUT2D eigenvalue weighted by atomic mass is 10.1. The van der Waals surface area contributed by atoms with Crippen LogP contribution in [0.5, 0.6) is 34.5 Å². The molecule has 1 aromatic heterocycles. The Balaban J connectivity index is 1.84. The molecular weight excluding hydrogens is 654 g/mol. The van der Waals surface area contributed by atoms with E-state index in [-0.39, 0.29) is 34.7 Å². The van der Waals surface area contributed by atoms with Crippen LogP contribution in [-0.4, -0.2) is 69.0 Å². The smallest absolute Gasteiger partial charge is 0.196 e. The molecule has 4 rings (SSSR count). The summed E-state index contributed by atoms with van der Waals surface area (Å²) in [6.07, 6.45) is 0.953. The predicted molar refractivity (Wildman–Crippen MR) is 194 cm³/mol. The van der Waals surface area contributed by atoms with Crippen LogP contribution >= 0.6 is 0 Å². The van der Waals surface area contributed by atoms with Crippen LogP contribution in [-0.2, 0) is 14.2 Å². The monoisotopic (exact) mass is 705 g/mol. The van der Waals surface area contributed by atoms with Gasteiger partial charge in [-0.1, -0.05) is 20.8 Å². The van der Waals surface area contributed by atoms with Crippen LogP contribution in [0.3, 0.4) is 0 Å². The number of aromatic nitrogens is 3. The third-order valence-corrected chi connectivity index (χ3v) is 8.05. The van der Waals surface area contributed by atoms with E-state index in [0.717, 1.165) is 19.3 Å². The first-order chi connectivity index (χ1) is 24.4. The Bertz CT molecular complexity index is 1570. The maximum absolute atomic E-state index is 11.4. The van der Waals surface area contributed by atoms with Gasteiger partial charge in [0, 0.05) is 16.7 Å². The average Bonchev–Trinajstić information content (AvgIpc) is 3.11. The van der Waals surface area contributed by atoms with Crippen molar-refractivity contribution in [3.05, 3.63) is 53.1 Å². The fourth-order valence-corrected chi connectivity index (χ4v) is 5.20.